The molecule has 1 rings (SSSR count). The summed E-state index contributed by atoms with van der Waals surface area (Å²) in [7, 11) is 2.00. The molecule has 0 radical (unpaired) electrons. The Hall–Kier alpha value is -0.0800. The zero-order valence-corrected chi connectivity index (χ0v) is 6.35. The summed E-state index contributed by atoms with van der Waals surface area (Å²) in [6.07, 6.45) is 4.10. The van der Waals surface area contributed by atoms with E-state index in [1.54, 1.807) is 0 Å². The van der Waals surface area contributed by atoms with Gasteiger partial charge in [0.05, 0.1) is 0 Å². The fraction of sp³-hybridized carbons (Fsp3) is 1.00. The average Bonchev–Trinajstić information content (AvgIpc) is 1.89. The molecule has 9 heavy (non-hydrogen) atoms. The summed E-state index contributed by atoms with van der Waals surface area (Å²) >= 11 is 0. The smallest absolute Gasteiger partial charge is 0.0215 e. The SMILES string of the molecule is CNN1CCCC[C@H]1C. The van der Waals surface area contributed by atoms with Gasteiger partial charge in [0.2, 0.25) is 0 Å². The zero-order valence-electron chi connectivity index (χ0n) is 6.35. The maximum absolute atomic E-state index is 3.19. The molecule has 0 aromatic rings. The van der Waals surface area contributed by atoms with E-state index >= 15 is 0 Å². The monoisotopic (exact) mass is 128 g/mol. The van der Waals surface area contributed by atoms with Gasteiger partial charge in [-0.2, -0.15) is 0 Å². The molecule has 0 bridgehead atoms. The van der Waals surface area contributed by atoms with Crippen LogP contribution in [0.1, 0.15) is 26.2 Å². The van der Waals surface area contributed by atoms with Crippen LogP contribution in [0.5, 0.6) is 0 Å². The van der Waals surface area contributed by atoms with Crippen LogP contribution < -0.4 is 5.43 Å². The van der Waals surface area contributed by atoms with Crippen molar-refractivity contribution in [1.82, 2.24) is 10.4 Å². The first kappa shape index (κ1) is 7.03. The first-order valence-corrected chi connectivity index (χ1v) is 3.78. The second kappa shape index (κ2) is 3.18. The van der Waals surface area contributed by atoms with Crippen molar-refractivity contribution in [2.24, 2.45) is 0 Å². The molecule has 1 saturated heterocycles. The standard InChI is InChI=1S/C7H16N2/c1-7-5-3-4-6-9(7)8-2/h7-8H,3-6H2,1-2H3/t7-/m1/s1. The van der Waals surface area contributed by atoms with E-state index in [0.717, 1.165) is 6.04 Å². The van der Waals surface area contributed by atoms with Gasteiger partial charge in [0, 0.05) is 12.6 Å². The highest BCUT2D eigenvalue weighted by Crippen LogP contribution is 2.12. The Morgan fingerprint density at radius 1 is 1.44 bits per heavy atom. The molecule has 0 aromatic heterocycles. The molecule has 1 aliphatic rings. The summed E-state index contributed by atoms with van der Waals surface area (Å²) in [6.45, 7) is 3.49. The van der Waals surface area contributed by atoms with Gasteiger partial charge in [-0.15, -0.1) is 0 Å². The van der Waals surface area contributed by atoms with E-state index in [1.807, 2.05) is 7.05 Å². The Kier molecular flexibility index (Phi) is 2.49. The third-order valence-electron chi connectivity index (χ3n) is 2.09. The molecule has 0 amide bonds. The van der Waals surface area contributed by atoms with E-state index < -0.39 is 0 Å². The van der Waals surface area contributed by atoms with Gasteiger partial charge in [0.25, 0.3) is 0 Å². The van der Waals surface area contributed by atoms with Crippen molar-refractivity contribution in [3.63, 3.8) is 0 Å². The Labute approximate surface area is 57.2 Å². The summed E-state index contributed by atoms with van der Waals surface area (Å²) < 4.78 is 0. The largest absolute Gasteiger partial charge is 0.258 e. The lowest BCUT2D eigenvalue weighted by atomic mass is 10.1. The lowest BCUT2D eigenvalue weighted by Gasteiger charge is -2.32. The van der Waals surface area contributed by atoms with Crippen LogP contribution in [-0.2, 0) is 0 Å². The van der Waals surface area contributed by atoms with Crippen molar-refractivity contribution in [1.29, 1.82) is 0 Å². The van der Waals surface area contributed by atoms with Gasteiger partial charge in [-0.1, -0.05) is 6.42 Å². The number of rotatable bonds is 1. The van der Waals surface area contributed by atoms with Crippen LogP contribution in [0.3, 0.4) is 0 Å². The molecular formula is C7H16N2. The van der Waals surface area contributed by atoms with Gasteiger partial charge in [0.1, 0.15) is 0 Å². The lowest BCUT2D eigenvalue weighted by molar-refractivity contribution is 0.110. The molecule has 0 aliphatic carbocycles. The molecule has 0 aromatic carbocycles. The highest BCUT2D eigenvalue weighted by molar-refractivity contribution is 4.68. The van der Waals surface area contributed by atoms with Crippen LogP contribution in [0.4, 0.5) is 0 Å². The quantitative estimate of drug-likeness (QED) is 0.566. The zero-order chi connectivity index (χ0) is 6.69. The molecule has 0 spiro atoms. The van der Waals surface area contributed by atoms with Crippen LogP contribution >= 0.6 is 0 Å². The van der Waals surface area contributed by atoms with Gasteiger partial charge in [-0.05, 0) is 26.8 Å². The summed E-state index contributed by atoms with van der Waals surface area (Å²) in [5.74, 6) is 0. The van der Waals surface area contributed by atoms with Crippen molar-refractivity contribution in [2.75, 3.05) is 13.6 Å². The third-order valence-corrected chi connectivity index (χ3v) is 2.09. The minimum atomic E-state index is 0.740. The Bertz CT molecular complexity index is 83.0. The first-order chi connectivity index (χ1) is 4.34. The fourth-order valence-corrected chi connectivity index (χ4v) is 1.43. The van der Waals surface area contributed by atoms with E-state index in [-0.39, 0.29) is 0 Å². The van der Waals surface area contributed by atoms with Crippen molar-refractivity contribution in [3.05, 3.63) is 0 Å². The molecular weight excluding hydrogens is 112 g/mol. The average molecular weight is 128 g/mol. The van der Waals surface area contributed by atoms with E-state index in [1.165, 1.54) is 25.8 Å². The maximum atomic E-state index is 3.19. The maximum Gasteiger partial charge on any atom is 0.0215 e. The highest BCUT2D eigenvalue weighted by Gasteiger charge is 2.15. The van der Waals surface area contributed by atoms with Gasteiger partial charge >= 0.3 is 0 Å². The minimum Gasteiger partial charge on any atom is -0.258 e. The van der Waals surface area contributed by atoms with Crippen molar-refractivity contribution in [2.45, 2.75) is 32.2 Å². The number of piperidine rings is 1. The lowest BCUT2D eigenvalue weighted by Crippen LogP contribution is -2.45. The van der Waals surface area contributed by atoms with Crippen LogP contribution in [0.15, 0.2) is 0 Å². The van der Waals surface area contributed by atoms with Crippen LogP contribution in [0.2, 0.25) is 0 Å². The minimum absolute atomic E-state index is 0.740. The summed E-state index contributed by atoms with van der Waals surface area (Å²) in [5, 5.41) is 2.31. The van der Waals surface area contributed by atoms with Crippen LogP contribution in [0, 0.1) is 0 Å². The third kappa shape index (κ3) is 1.66. The predicted molar refractivity (Wildman–Crippen MR) is 39.1 cm³/mol. The van der Waals surface area contributed by atoms with Crippen molar-refractivity contribution >= 4 is 0 Å². The van der Waals surface area contributed by atoms with Gasteiger partial charge in [-0.3, -0.25) is 5.43 Å². The topological polar surface area (TPSA) is 15.3 Å². The molecule has 0 saturated carbocycles. The normalized spacial score (nSPS) is 30.7. The van der Waals surface area contributed by atoms with E-state index in [0.29, 0.717) is 0 Å². The van der Waals surface area contributed by atoms with E-state index in [2.05, 4.69) is 17.4 Å². The molecule has 2 heteroatoms. The Morgan fingerprint density at radius 2 is 2.22 bits per heavy atom. The number of hydrazine groups is 1. The fourth-order valence-electron chi connectivity index (χ4n) is 1.43. The van der Waals surface area contributed by atoms with Crippen molar-refractivity contribution < 1.29 is 0 Å². The van der Waals surface area contributed by atoms with E-state index in [9.17, 15) is 0 Å². The molecule has 0 unspecified atom stereocenters. The van der Waals surface area contributed by atoms with Gasteiger partial charge in [-0.25, -0.2) is 5.01 Å². The number of hydrogen-bond donors (Lipinski definition) is 1. The van der Waals surface area contributed by atoms with E-state index in [4.69, 9.17) is 0 Å². The second-order valence-electron chi connectivity index (χ2n) is 2.76. The van der Waals surface area contributed by atoms with Gasteiger partial charge in [0.15, 0.2) is 0 Å². The first-order valence-electron chi connectivity index (χ1n) is 3.78. The highest BCUT2D eigenvalue weighted by atomic mass is 15.5. The van der Waals surface area contributed by atoms with Crippen LogP contribution in [0.25, 0.3) is 0 Å². The van der Waals surface area contributed by atoms with Crippen LogP contribution in [-0.4, -0.2) is 24.6 Å². The number of nitrogens with zero attached hydrogens (tertiary/aromatic N) is 1. The molecule has 1 fully saturated rings. The Balaban J connectivity index is 2.30. The predicted octanol–water partition coefficient (Wildman–Crippen LogP) is 0.995. The molecule has 1 N–H and O–H groups in total. The molecule has 1 heterocycles. The Morgan fingerprint density at radius 3 is 2.67 bits per heavy atom. The number of nitrogens with one attached hydrogen (secondary N) is 1. The van der Waals surface area contributed by atoms with Crippen molar-refractivity contribution in [3.8, 4) is 0 Å². The molecule has 1 aliphatic heterocycles. The summed E-state index contributed by atoms with van der Waals surface area (Å²) in [5.41, 5.74) is 3.19. The number of hydrogen-bond acceptors (Lipinski definition) is 2. The molecule has 1 atom stereocenters. The summed E-state index contributed by atoms with van der Waals surface area (Å²) in [4.78, 5) is 0. The molecule has 2 nitrogen and oxygen atoms in total. The molecule has 54 valence electrons. The van der Waals surface area contributed by atoms with Gasteiger partial charge < -0.3 is 0 Å². The summed E-state index contributed by atoms with van der Waals surface area (Å²) in [6, 6.07) is 0.740. The second-order valence-corrected chi connectivity index (χ2v) is 2.76.